The van der Waals surface area contributed by atoms with Crippen molar-refractivity contribution in [2.24, 2.45) is 0 Å². The number of aliphatic hydroxyl groups excluding tert-OH is 1. The zero-order valence-electron chi connectivity index (χ0n) is 16.1. The summed E-state index contributed by atoms with van der Waals surface area (Å²) in [6.45, 7) is -0.148. The minimum Gasteiger partial charge on any atom is -0.459 e. The fraction of sp³-hybridized carbons (Fsp3) is 0.0417. The first-order valence-electron chi connectivity index (χ1n) is 9.36. The minimum atomic E-state index is -0.296. The molecule has 31 heavy (non-hydrogen) atoms. The summed E-state index contributed by atoms with van der Waals surface area (Å²) < 4.78 is 11.2. The van der Waals surface area contributed by atoms with Crippen LogP contribution in [0.1, 0.15) is 11.5 Å². The van der Waals surface area contributed by atoms with Gasteiger partial charge in [0.1, 0.15) is 29.6 Å². The van der Waals surface area contributed by atoms with Crippen molar-refractivity contribution >= 4 is 40.9 Å². The molecule has 0 saturated heterocycles. The number of carbonyl (C=O) groups is 1. The first-order chi connectivity index (χ1) is 15.0. The van der Waals surface area contributed by atoms with E-state index >= 15 is 0 Å². The molecule has 0 fully saturated rings. The molecule has 4 rings (SSSR count). The van der Waals surface area contributed by atoms with Gasteiger partial charge in [-0.15, -0.1) is 0 Å². The van der Waals surface area contributed by atoms with Gasteiger partial charge in [-0.05, 0) is 72.8 Å². The number of halogens is 2. The lowest BCUT2D eigenvalue weighted by Crippen LogP contribution is -2.07. The molecule has 0 aliphatic carbocycles. The fourth-order valence-electron chi connectivity index (χ4n) is 2.95. The summed E-state index contributed by atoms with van der Waals surface area (Å²) in [6, 6.07) is 19.4. The molecule has 2 N–H and O–H groups in total. The Kier molecular flexibility index (Phi) is 6.28. The summed E-state index contributed by atoms with van der Waals surface area (Å²) in [7, 11) is 0. The SMILES string of the molecule is O=C(/C=C/c1ccc(-c2ccc(Cl)cc2Cl)o1)Nc1ccc(-c2ccc(CO)o2)cc1. The molecule has 2 heterocycles. The van der Waals surface area contributed by atoms with E-state index in [0.717, 1.165) is 11.1 Å². The fourth-order valence-corrected chi connectivity index (χ4v) is 3.46. The summed E-state index contributed by atoms with van der Waals surface area (Å²) in [5.74, 6) is 1.95. The highest BCUT2D eigenvalue weighted by molar-refractivity contribution is 6.36. The van der Waals surface area contributed by atoms with Gasteiger partial charge in [0.2, 0.25) is 5.91 Å². The Morgan fingerprint density at radius 1 is 0.935 bits per heavy atom. The Bertz CT molecular complexity index is 1240. The highest BCUT2D eigenvalue weighted by Crippen LogP contribution is 2.31. The van der Waals surface area contributed by atoms with Gasteiger partial charge in [-0.1, -0.05) is 23.2 Å². The second kappa shape index (κ2) is 9.27. The predicted octanol–water partition coefficient (Wildman–Crippen LogP) is 6.66. The molecule has 0 saturated carbocycles. The number of hydrogen-bond donors (Lipinski definition) is 2. The second-order valence-corrected chi connectivity index (χ2v) is 7.49. The van der Waals surface area contributed by atoms with E-state index in [-0.39, 0.29) is 12.5 Å². The van der Waals surface area contributed by atoms with Gasteiger partial charge in [-0.3, -0.25) is 4.79 Å². The Labute approximate surface area is 188 Å². The Hall–Kier alpha value is -3.25. The number of furan rings is 2. The Morgan fingerprint density at radius 3 is 2.42 bits per heavy atom. The number of nitrogens with one attached hydrogen (secondary N) is 1. The van der Waals surface area contributed by atoms with Crippen molar-refractivity contribution in [3.05, 3.63) is 94.4 Å². The van der Waals surface area contributed by atoms with E-state index in [9.17, 15) is 4.79 Å². The molecule has 2 aromatic heterocycles. The smallest absolute Gasteiger partial charge is 0.248 e. The van der Waals surface area contributed by atoms with Crippen molar-refractivity contribution in [3.8, 4) is 22.6 Å². The molecule has 0 unspecified atom stereocenters. The molecule has 4 aromatic rings. The van der Waals surface area contributed by atoms with Crippen LogP contribution in [0.15, 0.2) is 81.6 Å². The average molecular weight is 454 g/mol. The van der Waals surface area contributed by atoms with Crippen molar-refractivity contribution in [2.75, 3.05) is 5.32 Å². The third kappa shape index (κ3) is 5.09. The van der Waals surface area contributed by atoms with Crippen LogP contribution in [0.2, 0.25) is 10.0 Å². The first kappa shape index (κ1) is 21.0. The summed E-state index contributed by atoms with van der Waals surface area (Å²) in [5, 5.41) is 12.9. The Morgan fingerprint density at radius 2 is 1.71 bits per heavy atom. The zero-order valence-corrected chi connectivity index (χ0v) is 17.7. The molecule has 0 atom stereocenters. The maximum absolute atomic E-state index is 12.2. The summed E-state index contributed by atoms with van der Waals surface area (Å²) in [4.78, 5) is 12.2. The van der Waals surface area contributed by atoms with Crippen molar-refractivity contribution in [3.63, 3.8) is 0 Å². The van der Waals surface area contributed by atoms with Gasteiger partial charge in [-0.25, -0.2) is 0 Å². The zero-order chi connectivity index (χ0) is 21.8. The normalized spacial score (nSPS) is 11.2. The Balaban J connectivity index is 1.39. The summed E-state index contributed by atoms with van der Waals surface area (Å²) >= 11 is 12.1. The van der Waals surface area contributed by atoms with Crippen molar-refractivity contribution in [1.29, 1.82) is 0 Å². The van der Waals surface area contributed by atoms with Gasteiger partial charge in [-0.2, -0.15) is 0 Å². The number of carbonyl (C=O) groups excluding carboxylic acids is 1. The van der Waals surface area contributed by atoms with E-state index < -0.39 is 0 Å². The largest absolute Gasteiger partial charge is 0.459 e. The van der Waals surface area contributed by atoms with Crippen LogP contribution < -0.4 is 5.32 Å². The third-order valence-electron chi connectivity index (χ3n) is 4.48. The van der Waals surface area contributed by atoms with Crippen LogP contribution in [0, 0.1) is 0 Å². The monoisotopic (exact) mass is 453 g/mol. The molecule has 0 aliphatic rings. The number of rotatable bonds is 6. The lowest BCUT2D eigenvalue weighted by molar-refractivity contribution is -0.111. The summed E-state index contributed by atoms with van der Waals surface area (Å²) in [5.41, 5.74) is 2.20. The highest BCUT2D eigenvalue weighted by Gasteiger charge is 2.09. The second-order valence-electron chi connectivity index (χ2n) is 6.65. The van der Waals surface area contributed by atoms with Crippen LogP contribution in [0.3, 0.4) is 0 Å². The maximum atomic E-state index is 12.2. The quantitative estimate of drug-likeness (QED) is 0.320. The molecular formula is C24H17Cl2NO4. The van der Waals surface area contributed by atoms with Gasteiger partial charge in [0.15, 0.2) is 0 Å². The first-order valence-corrected chi connectivity index (χ1v) is 10.1. The third-order valence-corrected chi connectivity index (χ3v) is 5.02. The molecular weight excluding hydrogens is 437 g/mol. The number of aliphatic hydroxyl groups is 1. The van der Waals surface area contributed by atoms with Crippen LogP contribution >= 0.6 is 23.2 Å². The van der Waals surface area contributed by atoms with E-state index in [1.807, 2.05) is 12.1 Å². The van der Waals surface area contributed by atoms with Crippen molar-refractivity contribution in [1.82, 2.24) is 0 Å². The molecule has 0 bridgehead atoms. The maximum Gasteiger partial charge on any atom is 0.248 e. The number of anilines is 1. The van der Waals surface area contributed by atoms with Crippen LogP contribution in [0.25, 0.3) is 28.7 Å². The van der Waals surface area contributed by atoms with Gasteiger partial charge in [0.25, 0.3) is 0 Å². The topological polar surface area (TPSA) is 75.6 Å². The average Bonchev–Trinajstić information content (AvgIpc) is 3.43. The highest BCUT2D eigenvalue weighted by atomic mass is 35.5. The summed E-state index contributed by atoms with van der Waals surface area (Å²) in [6.07, 6.45) is 2.97. The number of benzene rings is 2. The van der Waals surface area contributed by atoms with Gasteiger partial charge in [0, 0.05) is 27.9 Å². The molecule has 156 valence electrons. The van der Waals surface area contributed by atoms with Gasteiger partial charge < -0.3 is 19.3 Å². The van der Waals surface area contributed by atoms with E-state index in [0.29, 0.717) is 38.8 Å². The van der Waals surface area contributed by atoms with Crippen LogP contribution in [0.5, 0.6) is 0 Å². The number of amides is 1. The van der Waals surface area contributed by atoms with Gasteiger partial charge >= 0.3 is 0 Å². The molecule has 1 amide bonds. The van der Waals surface area contributed by atoms with Crippen LogP contribution in [-0.2, 0) is 11.4 Å². The van der Waals surface area contributed by atoms with E-state index in [2.05, 4.69) is 5.32 Å². The lowest BCUT2D eigenvalue weighted by Gasteiger charge is -2.03. The molecule has 5 nitrogen and oxygen atoms in total. The standard InChI is InChI=1S/C24H17Cl2NO4/c25-16-3-9-20(21(26)13-16)23-11-6-18(30-23)8-12-24(29)27-17-4-1-15(2-5-17)22-10-7-19(14-28)31-22/h1-13,28H,14H2,(H,27,29)/b12-8+. The molecule has 0 radical (unpaired) electrons. The molecule has 2 aromatic carbocycles. The van der Waals surface area contributed by atoms with Gasteiger partial charge in [0.05, 0.1) is 5.02 Å². The van der Waals surface area contributed by atoms with Crippen molar-refractivity contribution < 1.29 is 18.7 Å². The van der Waals surface area contributed by atoms with E-state index in [1.54, 1.807) is 60.7 Å². The minimum absolute atomic E-state index is 0.148. The lowest BCUT2D eigenvalue weighted by atomic mass is 10.1. The predicted molar refractivity (Wildman–Crippen MR) is 122 cm³/mol. The molecule has 0 aliphatic heterocycles. The van der Waals surface area contributed by atoms with E-state index in [4.69, 9.17) is 37.1 Å². The van der Waals surface area contributed by atoms with Crippen molar-refractivity contribution in [2.45, 2.75) is 6.61 Å². The number of hydrogen-bond acceptors (Lipinski definition) is 4. The van der Waals surface area contributed by atoms with E-state index in [1.165, 1.54) is 6.08 Å². The van der Waals surface area contributed by atoms with Crippen LogP contribution in [-0.4, -0.2) is 11.0 Å². The molecule has 0 spiro atoms. The van der Waals surface area contributed by atoms with Crippen LogP contribution in [0.4, 0.5) is 5.69 Å². The molecule has 7 heteroatoms.